The third-order valence-electron chi connectivity index (χ3n) is 4.88. The van der Waals surface area contributed by atoms with Crippen LogP contribution in [-0.4, -0.2) is 55.2 Å². The first-order valence-corrected chi connectivity index (χ1v) is 9.53. The number of methoxy groups -OCH3 is 1. The van der Waals surface area contributed by atoms with E-state index >= 15 is 0 Å². The Morgan fingerprint density at radius 3 is 2.68 bits per heavy atom. The van der Waals surface area contributed by atoms with Gasteiger partial charge in [-0.1, -0.05) is 0 Å². The minimum absolute atomic E-state index is 0. The number of aromatic nitrogens is 1. The van der Waals surface area contributed by atoms with Gasteiger partial charge in [-0.05, 0) is 48.5 Å². The molecule has 4 rings (SSSR count). The number of furan rings is 1. The van der Waals surface area contributed by atoms with E-state index in [9.17, 15) is 4.79 Å². The van der Waals surface area contributed by atoms with Crippen LogP contribution < -0.4 is 14.8 Å². The molecule has 1 atom stereocenters. The fourth-order valence-corrected chi connectivity index (χ4v) is 3.31. The normalized spacial score (nSPS) is 15.4. The lowest BCUT2D eigenvalue weighted by molar-refractivity contribution is 0.0529. The van der Waals surface area contributed by atoms with E-state index in [2.05, 4.69) is 10.3 Å². The standard InChI is InChI=1S/C22H23N3O4.2ClH/c1-27-18-6-4-16(5-7-18)20-8-9-21(29-20)22(26)25-12-11-24-13-17(25)15-28-19-3-2-10-23-14-19;;/h2-10,14,17,24H,11-13,15H2,1H3;2*1H. The third kappa shape index (κ3) is 5.91. The maximum Gasteiger partial charge on any atom is 0.290 e. The van der Waals surface area contributed by atoms with E-state index in [1.54, 1.807) is 25.6 Å². The lowest BCUT2D eigenvalue weighted by Crippen LogP contribution is -2.55. The van der Waals surface area contributed by atoms with E-state index in [-0.39, 0.29) is 36.8 Å². The van der Waals surface area contributed by atoms with E-state index in [4.69, 9.17) is 13.9 Å². The molecule has 2 aromatic heterocycles. The summed E-state index contributed by atoms with van der Waals surface area (Å²) in [6.07, 6.45) is 3.36. The van der Waals surface area contributed by atoms with Gasteiger partial charge < -0.3 is 24.1 Å². The van der Waals surface area contributed by atoms with Crippen molar-refractivity contribution in [2.24, 2.45) is 0 Å². The molecular weight excluding hydrogens is 441 g/mol. The molecule has 1 N–H and O–H groups in total. The predicted octanol–water partition coefficient (Wildman–Crippen LogP) is 3.69. The Morgan fingerprint density at radius 2 is 1.97 bits per heavy atom. The molecule has 9 heteroatoms. The summed E-state index contributed by atoms with van der Waals surface area (Å²) in [7, 11) is 1.63. The Bertz CT molecular complexity index is 951. The van der Waals surface area contributed by atoms with Gasteiger partial charge in [-0.25, -0.2) is 0 Å². The molecular formula is C22H25Cl2N3O4. The minimum atomic E-state index is -0.133. The number of nitrogens with zero attached hydrogens (tertiary/aromatic N) is 2. The molecule has 3 aromatic rings. The second kappa shape index (κ2) is 11.6. The highest BCUT2D eigenvalue weighted by molar-refractivity contribution is 5.92. The molecule has 3 heterocycles. The molecule has 1 aromatic carbocycles. The van der Waals surface area contributed by atoms with E-state index in [0.29, 0.717) is 37.0 Å². The first-order valence-electron chi connectivity index (χ1n) is 9.53. The van der Waals surface area contributed by atoms with Crippen molar-refractivity contribution in [3.05, 3.63) is 66.7 Å². The largest absolute Gasteiger partial charge is 0.497 e. The number of piperazine rings is 1. The topological polar surface area (TPSA) is 76.8 Å². The highest BCUT2D eigenvalue weighted by atomic mass is 35.5. The zero-order chi connectivity index (χ0) is 20.1. The highest BCUT2D eigenvalue weighted by Gasteiger charge is 2.29. The van der Waals surface area contributed by atoms with Gasteiger partial charge in [-0.2, -0.15) is 0 Å². The number of carbonyl (C=O) groups excluding carboxylic acids is 1. The summed E-state index contributed by atoms with van der Waals surface area (Å²) in [5.41, 5.74) is 0.890. The summed E-state index contributed by atoms with van der Waals surface area (Å²) >= 11 is 0. The van der Waals surface area contributed by atoms with Gasteiger partial charge in [0.25, 0.3) is 5.91 Å². The number of benzene rings is 1. The molecule has 1 saturated heterocycles. The van der Waals surface area contributed by atoms with Crippen molar-refractivity contribution in [2.45, 2.75) is 6.04 Å². The number of amides is 1. The van der Waals surface area contributed by atoms with Gasteiger partial charge in [-0.3, -0.25) is 9.78 Å². The molecule has 1 aliphatic rings. The summed E-state index contributed by atoms with van der Waals surface area (Å²) in [4.78, 5) is 18.9. The van der Waals surface area contributed by atoms with Gasteiger partial charge in [-0.15, -0.1) is 24.8 Å². The van der Waals surface area contributed by atoms with E-state index in [1.165, 1.54) is 0 Å². The van der Waals surface area contributed by atoms with Gasteiger partial charge in [0, 0.05) is 31.4 Å². The summed E-state index contributed by atoms with van der Waals surface area (Å²) in [5.74, 6) is 2.29. The second-order valence-electron chi connectivity index (χ2n) is 6.75. The van der Waals surface area contributed by atoms with Crippen molar-refractivity contribution in [1.82, 2.24) is 15.2 Å². The second-order valence-corrected chi connectivity index (χ2v) is 6.75. The van der Waals surface area contributed by atoms with Gasteiger partial charge >= 0.3 is 0 Å². The van der Waals surface area contributed by atoms with Crippen molar-refractivity contribution in [1.29, 1.82) is 0 Å². The van der Waals surface area contributed by atoms with Gasteiger partial charge in [0.15, 0.2) is 5.76 Å². The molecule has 1 unspecified atom stereocenters. The van der Waals surface area contributed by atoms with Crippen LogP contribution in [0.2, 0.25) is 0 Å². The van der Waals surface area contributed by atoms with Gasteiger partial charge in [0.05, 0.1) is 19.3 Å². The average molecular weight is 466 g/mol. The molecule has 0 saturated carbocycles. The molecule has 0 radical (unpaired) electrons. The van der Waals surface area contributed by atoms with Crippen LogP contribution in [0.3, 0.4) is 0 Å². The summed E-state index contributed by atoms with van der Waals surface area (Å²) in [5, 5.41) is 3.32. The van der Waals surface area contributed by atoms with Crippen LogP contribution >= 0.6 is 24.8 Å². The number of nitrogens with one attached hydrogen (secondary N) is 1. The first kappa shape index (κ1) is 24.5. The van der Waals surface area contributed by atoms with Gasteiger partial charge in [0.2, 0.25) is 0 Å². The molecule has 7 nitrogen and oxygen atoms in total. The monoisotopic (exact) mass is 465 g/mol. The zero-order valence-electron chi connectivity index (χ0n) is 17.0. The van der Waals surface area contributed by atoms with Gasteiger partial charge in [0.1, 0.15) is 23.9 Å². The number of hydrogen-bond acceptors (Lipinski definition) is 6. The predicted molar refractivity (Wildman–Crippen MR) is 123 cm³/mol. The van der Waals surface area contributed by atoms with Crippen LogP contribution in [0.1, 0.15) is 10.6 Å². The van der Waals surface area contributed by atoms with Crippen LogP contribution in [0, 0.1) is 0 Å². The Morgan fingerprint density at radius 1 is 1.16 bits per heavy atom. The van der Waals surface area contributed by atoms with Crippen molar-refractivity contribution in [3.8, 4) is 22.8 Å². The number of carbonyl (C=O) groups is 1. The van der Waals surface area contributed by atoms with Crippen LogP contribution in [0.15, 0.2) is 65.3 Å². The Kier molecular flexibility index (Phi) is 9.18. The maximum absolute atomic E-state index is 13.1. The molecule has 0 spiro atoms. The average Bonchev–Trinajstić information content (AvgIpc) is 3.28. The lowest BCUT2D eigenvalue weighted by Gasteiger charge is -2.35. The zero-order valence-corrected chi connectivity index (χ0v) is 18.7. The Hall–Kier alpha value is -2.74. The molecule has 0 aliphatic carbocycles. The number of ether oxygens (including phenoxy) is 2. The molecule has 1 fully saturated rings. The summed E-state index contributed by atoms with van der Waals surface area (Å²) in [6.45, 7) is 2.38. The smallest absolute Gasteiger partial charge is 0.290 e. The Balaban J connectivity index is 0.00000171. The lowest BCUT2D eigenvalue weighted by atomic mass is 10.1. The highest BCUT2D eigenvalue weighted by Crippen LogP contribution is 2.25. The molecule has 166 valence electrons. The Labute approximate surface area is 193 Å². The minimum Gasteiger partial charge on any atom is -0.497 e. The third-order valence-corrected chi connectivity index (χ3v) is 4.88. The van der Waals surface area contributed by atoms with Crippen LogP contribution in [0.5, 0.6) is 11.5 Å². The van der Waals surface area contributed by atoms with Crippen molar-refractivity contribution in [2.75, 3.05) is 33.4 Å². The summed E-state index contributed by atoms with van der Waals surface area (Å²) < 4.78 is 16.9. The number of halogens is 2. The number of rotatable bonds is 6. The molecule has 31 heavy (non-hydrogen) atoms. The maximum atomic E-state index is 13.1. The quantitative estimate of drug-likeness (QED) is 0.598. The fraction of sp³-hybridized carbons (Fsp3) is 0.273. The SMILES string of the molecule is COc1ccc(-c2ccc(C(=O)N3CCNCC3COc3cccnc3)o2)cc1.Cl.Cl. The fourth-order valence-electron chi connectivity index (χ4n) is 3.31. The number of hydrogen-bond donors (Lipinski definition) is 1. The van der Waals surface area contributed by atoms with Crippen LogP contribution in [0.4, 0.5) is 0 Å². The van der Waals surface area contributed by atoms with Crippen molar-refractivity contribution < 1.29 is 18.7 Å². The summed E-state index contributed by atoms with van der Waals surface area (Å²) in [6, 6.07) is 14.7. The van der Waals surface area contributed by atoms with E-state index in [1.807, 2.05) is 47.4 Å². The molecule has 1 amide bonds. The van der Waals surface area contributed by atoms with Crippen molar-refractivity contribution in [3.63, 3.8) is 0 Å². The number of pyridine rings is 1. The molecule has 1 aliphatic heterocycles. The van der Waals surface area contributed by atoms with Crippen LogP contribution in [-0.2, 0) is 0 Å². The molecule has 0 bridgehead atoms. The first-order chi connectivity index (χ1) is 14.2. The van der Waals surface area contributed by atoms with E-state index in [0.717, 1.165) is 17.9 Å². The van der Waals surface area contributed by atoms with Crippen LogP contribution in [0.25, 0.3) is 11.3 Å². The van der Waals surface area contributed by atoms with Crippen molar-refractivity contribution >= 4 is 30.7 Å². The van der Waals surface area contributed by atoms with E-state index < -0.39 is 0 Å².